The quantitative estimate of drug-likeness (QED) is 0.0283. The smallest absolute Gasteiger partial charge is 0.303 e. The highest BCUT2D eigenvalue weighted by Crippen LogP contribution is 2.33. The molecule has 0 saturated carbocycles. The predicted molar refractivity (Wildman–Crippen MR) is 327 cm³/mol. The van der Waals surface area contributed by atoms with Crippen LogP contribution < -0.4 is 31.9 Å². The number of hydrogen-bond acceptors (Lipinski definition) is 25. The van der Waals surface area contributed by atoms with Crippen molar-refractivity contribution in [1.82, 2.24) is 36.8 Å². The number of ether oxygens (including phenoxy) is 12. The van der Waals surface area contributed by atoms with Crippen molar-refractivity contribution in [2.75, 3.05) is 78.9 Å². The third kappa shape index (κ3) is 31.4. The highest BCUT2D eigenvalue weighted by atomic mass is 16.7. The molecule has 3 saturated heterocycles. The standard InChI is InChI=1S/C62H103N7O24/c1-36-54(66-39(4)70)60(91-48(33-85-42(7)73)57(36)88-45(10)76)82-30-16-13-21-51(79)64-26-19-24-63-25-20-28-69(53(81)23-15-18-32-84-62-56(68-41(6)72)38(3)59(90-47(12)78)50(93-62)35-87-44(9)75)29-27-65-52(80)22-14-17-31-83-61-55(67-40(5)71)37(2)58(89-46(11)77)49(92-61)34-86-43(8)74/h36-38,48-50,54-63H,13-35H2,1-12H3,(H,64,79)(H,65,80)(H,66,70)(H,67,71)(H,68,72)/t36-,37-,38-,48?,49?,50?,54?,55?,56?,57-,58-,59-,60-,61-,62-/m1/s1. The lowest BCUT2D eigenvalue weighted by atomic mass is 9.88. The van der Waals surface area contributed by atoms with E-state index in [9.17, 15) is 57.5 Å². The van der Waals surface area contributed by atoms with Crippen LogP contribution in [0.15, 0.2) is 0 Å². The molecule has 31 heteroatoms. The minimum Gasteiger partial charge on any atom is -0.463 e. The molecular formula is C62H103N7O24. The van der Waals surface area contributed by atoms with Gasteiger partial charge in [-0.05, 0) is 64.5 Å². The maximum atomic E-state index is 13.8. The molecule has 530 valence electrons. The molecule has 31 nitrogen and oxygen atoms in total. The number of rotatable bonds is 41. The molecule has 6 amide bonds. The van der Waals surface area contributed by atoms with E-state index in [1.54, 1.807) is 25.7 Å². The molecule has 0 bridgehead atoms. The zero-order valence-electron chi connectivity index (χ0n) is 56.2. The van der Waals surface area contributed by atoms with Gasteiger partial charge < -0.3 is 93.6 Å². The SMILES string of the molecule is CC(=O)NC1[C@H](OCCCCC(=O)NCCCNCCCN(CCNC(=O)CCCCO[C@@H]2OC(COC(C)=O)[C@H](OC(C)=O)[C@H](C)C2NC(C)=O)C(=O)CCCCO[C@@H]2OC(COC(C)=O)[C@H](OC(C)=O)[C@H](C)C2NC(C)=O)OC(COC(C)=O)[C@H](OC(C)=O)[C@@H]1C. The average molecular weight is 1330 g/mol. The van der Waals surface area contributed by atoms with Crippen molar-refractivity contribution in [2.24, 2.45) is 17.8 Å². The Morgan fingerprint density at radius 2 is 0.710 bits per heavy atom. The van der Waals surface area contributed by atoms with Gasteiger partial charge in [0, 0.05) is 145 Å². The topological polar surface area (TPSA) is 391 Å². The molecule has 93 heavy (non-hydrogen) atoms. The van der Waals surface area contributed by atoms with Gasteiger partial charge in [-0.3, -0.25) is 57.5 Å². The summed E-state index contributed by atoms with van der Waals surface area (Å²) < 4.78 is 68.6. The van der Waals surface area contributed by atoms with Gasteiger partial charge in [0.25, 0.3) is 0 Å². The maximum absolute atomic E-state index is 13.8. The number of unbranched alkanes of at least 4 members (excludes halogenated alkanes) is 3. The van der Waals surface area contributed by atoms with Crippen molar-refractivity contribution in [3.8, 4) is 0 Å². The largest absolute Gasteiger partial charge is 0.463 e. The normalized spacial score (nSPS) is 25.8. The number of hydrogen-bond donors (Lipinski definition) is 6. The molecule has 6 N–H and O–H groups in total. The molecule has 0 spiro atoms. The van der Waals surface area contributed by atoms with Crippen LogP contribution in [0.2, 0.25) is 0 Å². The van der Waals surface area contributed by atoms with Crippen LogP contribution in [-0.4, -0.2) is 229 Å². The highest BCUT2D eigenvalue weighted by Gasteiger charge is 2.50. The van der Waals surface area contributed by atoms with Crippen molar-refractivity contribution in [3.63, 3.8) is 0 Å². The van der Waals surface area contributed by atoms with Crippen LogP contribution in [-0.2, 0) is 114 Å². The molecule has 3 heterocycles. The maximum Gasteiger partial charge on any atom is 0.303 e. The van der Waals surface area contributed by atoms with E-state index in [2.05, 4.69) is 31.9 Å². The van der Waals surface area contributed by atoms with E-state index in [1.165, 1.54) is 62.3 Å². The van der Waals surface area contributed by atoms with Crippen LogP contribution in [0.1, 0.15) is 154 Å². The summed E-state index contributed by atoms with van der Waals surface area (Å²) in [6, 6.07) is -2.13. The molecule has 3 aliphatic rings. The first-order valence-electron chi connectivity index (χ1n) is 32.1. The lowest BCUT2D eigenvalue weighted by molar-refractivity contribution is -0.262. The lowest BCUT2D eigenvalue weighted by Crippen LogP contribution is -2.62. The summed E-state index contributed by atoms with van der Waals surface area (Å²) in [5.41, 5.74) is 0. The van der Waals surface area contributed by atoms with E-state index >= 15 is 0 Å². The zero-order chi connectivity index (χ0) is 69.2. The van der Waals surface area contributed by atoms with Crippen molar-refractivity contribution in [1.29, 1.82) is 0 Å². The molecule has 0 aromatic heterocycles. The molecule has 0 aliphatic carbocycles. The van der Waals surface area contributed by atoms with E-state index in [0.717, 1.165) is 0 Å². The fourth-order valence-electron chi connectivity index (χ4n) is 11.0. The molecule has 0 aromatic carbocycles. The summed E-state index contributed by atoms with van der Waals surface area (Å²) in [4.78, 5) is 149. The van der Waals surface area contributed by atoms with E-state index in [1.807, 2.05) is 0 Å². The fraction of sp³-hybridized carbons (Fsp3) is 0.806. The second kappa shape index (κ2) is 43.4. The summed E-state index contributed by atoms with van der Waals surface area (Å²) >= 11 is 0. The summed E-state index contributed by atoms with van der Waals surface area (Å²) in [6.45, 7) is 18.9. The first kappa shape index (κ1) is 80.6. The zero-order valence-corrected chi connectivity index (χ0v) is 56.2. The summed E-state index contributed by atoms with van der Waals surface area (Å²) in [7, 11) is 0. The average Bonchev–Trinajstić information content (AvgIpc) is 0.828. The van der Waals surface area contributed by atoms with Crippen LogP contribution in [0.5, 0.6) is 0 Å². The van der Waals surface area contributed by atoms with Crippen molar-refractivity contribution in [2.45, 2.75) is 227 Å². The van der Waals surface area contributed by atoms with Gasteiger partial charge in [-0.15, -0.1) is 0 Å². The molecular weight excluding hydrogens is 1230 g/mol. The van der Waals surface area contributed by atoms with Crippen LogP contribution >= 0.6 is 0 Å². The molecule has 0 aromatic rings. The van der Waals surface area contributed by atoms with Crippen LogP contribution in [0, 0.1) is 17.8 Å². The Bertz CT molecular complexity index is 2420. The molecule has 3 aliphatic heterocycles. The van der Waals surface area contributed by atoms with Gasteiger partial charge in [0.2, 0.25) is 35.4 Å². The minimum atomic E-state index is -1.00. The number of carbonyl (C=O) groups excluding carboxylic acids is 12. The highest BCUT2D eigenvalue weighted by molar-refractivity contribution is 5.78. The first-order chi connectivity index (χ1) is 44.1. The Labute approximate surface area is 544 Å². The Kier molecular flexibility index (Phi) is 37.6. The first-order valence-corrected chi connectivity index (χ1v) is 32.1. The Morgan fingerprint density at radius 3 is 1.04 bits per heavy atom. The molecule has 0 radical (unpaired) electrons. The van der Waals surface area contributed by atoms with Crippen molar-refractivity contribution in [3.05, 3.63) is 0 Å². The van der Waals surface area contributed by atoms with E-state index in [-0.39, 0.29) is 107 Å². The Hall–Kier alpha value is -6.64. The lowest BCUT2D eigenvalue weighted by Gasteiger charge is -2.44. The predicted octanol–water partition coefficient (Wildman–Crippen LogP) is 1.06. The number of nitrogens with zero attached hydrogens (tertiary/aromatic N) is 1. The number of carbonyl (C=O) groups is 12. The summed E-state index contributed by atoms with van der Waals surface area (Å²) in [6.07, 6.45) is -3.70. The fourth-order valence-corrected chi connectivity index (χ4v) is 11.0. The second-order valence-electron chi connectivity index (χ2n) is 23.5. The van der Waals surface area contributed by atoms with Crippen molar-refractivity contribution < 1.29 is 114 Å². The van der Waals surface area contributed by atoms with Gasteiger partial charge in [0.05, 0.1) is 18.1 Å². The van der Waals surface area contributed by atoms with E-state index in [0.29, 0.717) is 77.5 Å². The number of amides is 6. The van der Waals surface area contributed by atoms with Gasteiger partial charge in [0.1, 0.15) is 56.4 Å². The van der Waals surface area contributed by atoms with Crippen LogP contribution in [0.4, 0.5) is 0 Å². The molecule has 6 unspecified atom stereocenters. The monoisotopic (exact) mass is 1330 g/mol. The van der Waals surface area contributed by atoms with Gasteiger partial charge in [0.15, 0.2) is 18.9 Å². The number of esters is 6. The minimum absolute atomic E-state index is 0.124. The third-order valence-electron chi connectivity index (χ3n) is 15.4. The number of nitrogens with one attached hydrogen (secondary N) is 6. The van der Waals surface area contributed by atoms with Gasteiger partial charge in [-0.1, -0.05) is 20.8 Å². The van der Waals surface area contributed by atoms with Gasteiger partial charge in [-0.2, -0.15) is 0 Å². The Morgan fingerprint density at radius 1 is 0.376 bits per heavy atom. The van der Waals surface area contributed by atoms with Crippen molar-refractivity contribution >= 4 is 71.3 Å². The van der Waals surface area contributed by atoms with Gasteiger partial charge >= 0.3 is 35.8 Å². The van der Waals surface area contributed by atoms with Gasteiger partial charge in [-0.25, -0.2) is 0 Å². The Balaban J connectivity index is 1.52. The molecule has 15 atom stereocenters. The van der Waals surface area contributed by atoms with Crippen LogP contribution in [0.25, 0.3) is 0 Å². The third-order valence-corrected chi connectivity index (χ3v) is 15.4. The second-order valence-corrected chi connectivity index (χ2v) is 23.5. The summed E-state index contributed by atoms with van der Waals surface area (Å²) in [5.74, 6) is -6.47. The van der Waals surface area contributed by atoms with E-state index in [4.69, 9.17) is 56.8 Å². The summed E-state index contributed by atoms with van der Waals surface area (Å²) in [5, 5.41) is 17.6. The van der Waals surface area contributed by atoms with E-state index < -0.39 is 127 Å². The molecule has 3 rings (SSSR count). The molecule has 3 fully saturated rings. The van der Waals surface area contributed by atoms with Crippen LogP contribution in [0.3, 0.4) is 0 Å².